The number of anilines is 1. The number of carbonyl (C=O) groups excluding carboxylic acids is 2. The Bertz CT molecular complexity index is 544. The molecule has 0 saturated heterocycles. The molecule has 1 aromatic rings. The van der Waals surface area contributed by atoms with Crippen LogP contribution in [0.4, 0.5) is 5.69 Å². The number of amides is 2. The second kappa shape index (κ2) is 7.40. The lowest BCUT2D eigenvalue weighted by atomic mass is 9.96. The highest BCUT2D eigenvalue weighted by Crippen LogP contribution is 2.27. The molecule has 120 valence electrons. The maximum Gasteiger partial charge on any atom is 0.242 e. The van der Waals surface area contributed by atoms with Crippen molar-refractivity contribution >= 4 is 17.5 Å². The lowest BCUT2D eigenvalue weighted by Gasteiger charge is -2.32. The molecule has 2 rings (SSSR count). The number of rotatable bonds is 5. The highest BCUT2D eigenvalue weighted by molar-refractivity contribution is 5.96. The molecule has 0 aliphatic carbocycles. The normalized spacial score (nSPS) is 19.8. The van der Waals surface area contributed by atoms with Gasteiger partial charge in [0.2, 0.25) is 11.8 Å². The lowest BCUT2D eigenvalue weighted by Crippen LogP contribution is -2.47. The van der Waals surface area contributed by atoms with Crippen LogP contribution in [0.1, 0.15) is 32.3 Å². The van der Waals surface area contributed by atoms with E-state index >= 15 is 0 Å². The van der Waals surface area contributed by atoms with Crippen LogP contribution >= 0.6 is 0 Å². The zero-order valence-electron chi connectivity index (χ0n) is 13.6. The molecule has 0 saturated carbocycles. The van der Waals surface area contributed by atoms with E-state index in [2.05, 4.69) is 29.4 Å². The average molecular weight is 303 g/mol. The van der Waals surface area contributed by atoms with Crippen LogP contribution in [0.15, 0.2) is 24.3 Å². The summed E-state index contributed by atoms with van der Waals surface area (Å²) in [5.74, 6) is 0.260. The third-order valence-electron chi connectivity index (χ3n) is 4.40. The van der Waals surface area contributed by atoms with Crippen LogP contribution in [-0.4, -0.2) is 36.3 Å². The van der Waals surface area contributed by atoms with Crippen LogP contribution in [0.5, 0.6) is 0 Å². The van der Waals surface area contributed by atoms with Gasteiger partial charge >= 0.3 is 0 Å². The molecular weight excluding hydrogens is 278 g/mol. The van der Waals surface area contributed by atoms with Crippen molar-refractivity contribution in [1.82, 2.24) is 10.2 Å². The van der Waals surface area contributed by atoms with E-state index < -0.39 is 0 Å². The van der Waals surface area contributed by atoms with Gasteiger partial charge in [0.15, 0.2) is 0 Å². The Kier molecular flexibility index (Phi) is 5.55. The van der Waals surface area contributed by atoms with Crippen molar-refractivity contribution in [2.45, 2.75) is 39.3 Å². The number of para-hydroxylation sites is 1. The number of nitrogens with one attached hydrogen (secondary N) is 2. The van der Waals surface area contributed by atoms with E-state index in [-0.39, 0.29) is 23.8 Å². The zero-order valence-corrected chi connectivity index (χ0v) is 13.6. The van der Waals surface area contributed by atoms with Crippen molar-refractivity contribution < 1.29 is 9.59 Å². The summed E-state index contributed by atoms with van der Waals surface area (Å²) < 4.78 is 0. The minimum absolute atomic E-state index is 0.000779. The molecule has 5 nitrogen and oxygen atoms in total. The first-order chi connectivity index (χ1) is 10.6. The molecule has 2 N–H and O–H groups in total. The standard InChI is InChI=1S/C17H25N3O2/c1-4-12(2)16-17(22)19-14-8-6-5-7-13(14)11-20(16)10-9-15(21)18-3/h5-8,12,16H,4,9-11H2,1-3H3,(H,18,21)(H,19,22). The van der Waals surface area contributed by atoms with Crippen molar-refractivity contribution in [1.29, 1.82) is 0 Å². The molecule has 0 bridgehead atoms. The second-order valence-electron chi connectivity index (χ2n) is 5.87. The van der Waals surface area contributed by atoms with E-state index in [0.717, 1.165) is 17.7 Å². The quantitative estimate of drug-likeness (QED) is 0.874. The summed E-state index contributed by atoms with van der Waals surface area (Å²) in [7, 11) is 1.64. The van der Waals surface area contributed by atoms with Gasteiger partial charge in [-0.05, 0) is 17.5 Å². The summed E-state index contributed by atoms with van der Waals surface area (Å²) >= 11 is 0. The zero-order chi connectivity index (χ0) is 16.1. The first kappa shape index (κ1) is 16.5. The van der Waals surface area contributed by atoms with Gasteiger partial charge in [-0.3, -0.25) is 14.5 Å². The third-order valence-corrected chi connectivity index (χ3v) is 4.40. The van der Waals surface area contributed by atoms with Gasteiger partial charge in [0.1, 0.15) is 0 Å². The molecule has 2 amide bonds. The fraction of sp³-hybridized carbons (Fsp3) is 0.529. The van der Waals surface area contributed by atoms with Gasteiger partial charge in [-0.2, -0.15) is 0 Å². The van der Waals surface area contributed by atoms with Gasteiger partial charge in [-0.1, -0.05) is 38.5 Å². The van der Waals surface area contributed by atoms with E-state index in [1.54, 1.807) is 7.05 Å². The summed E-state index contributed by atoms with van der Waals surface area (Å²) in [6, 6.07) is 7.66. The molecule has 1 heterocycles. The second-order valence-corrected chi connectivity index (χ2v) is 5.87. The predicted molar refractivity (Wildman–Crippen MR) is 87.4 cm³/mol. The molecular formula is C17H25N3O2. The Morgan fingerprint density at radius 2 is 2.18 bits per heavy atom. The molecule has 0 spiro atoms. The summed E-state index contributed by atoms with van der Waals surface area (Å²) in [6.07, 6.45) is 1.32. The Morgan fingerprint density at radius 1 is 1.45 bits per heavy atom. The highest BCUT2D eigenvalue weighted by atomic mass is 16.2. The molecule has 0 aromatic heterocycles. The molecule has 1 aliphatic heterocycles. The van der Waals surface area contributed by atoms with Gasteiger partial charge in [0, 0.05) is 32.2 Å². The van der Waals surface area contributed by atoms with Gasteiger partial charge in [-0.15, -0.1) is 0 Å². The highest BCUT2D eigenvalue weighted by Gasteiger charge is 2.33. The number of hydrogen-bond acceptors (Lipinski definition) is 3. The Morgan fingerprint density at radius 3 is 2.86 bits per heavy atom. The number of fused-ring (bicyclic) bond motifs is 1. The van der Waals surface area contributed by atoms with Gasteiger partial charge in [0.25, 0.3) is 0 Å². The van der Waals surface area contributed by atoms with E-state index in [4.69, 9.17) is 0 Å². The topological polar surface area (TPSA) is 61.4 Å². The minimum Gasteiger partial charge on any atom is -0.359 e. The lowest BCUT2D eigenvalue weighted by molar-refractivity contribution is -0.125. The molecule has 1 aromatic carbocycles. The third kappa shape index (κ3) is 3.65. The maximum absolute atomic E-state index is 12.6. The summed E-state index contributed by atoms with van der Waals surface area (Å²) in [6.45, 7) is 5.44. The Balaban J connectivity index is 2.26. The van der Waals surface area contributed by atoms with Crippen LogP contribution in [0.2, 0.25) is 0 Å². The van der Waals surface area contributed by atoms with Gasteiger partial charge in [0.05, 0.1) is 6.04 Å². The van der Waals surface area contributed by atoms with Crippen molar-refractivity contribution in [2.24, 2.45) is 5.92 Å². The van der Waals surface area contributed by atoms with Gasteiger partial charge in [-0.25, -0.2) is 0 Å². The first-order valence-electron chi connectivity index (χ1n) is 7.90. The largest absolute Gasteiger partial charge is 0.359 e. The minimum atomic E-state index is -0.206. The van der Waals surface area contributed by atoms with E-state index in [0.29, 0.717) is 19.5 Å². The molecule has 22 heavy (non-hydrogen) atoms. The van der Waals surface area contributed by atoms with Gasteiger partial charge < -0.3 is 10.6 Å². The maximum atomic E-state index is 12.6. The number of hydrogen-bond donors (Lipinski definition) is 2. The molecule has 1 aliphatic rings. The molecule has 0 radical (unpaired) electrons. The summed E-state index contributed by atoms with van der Waals surface area (Å²) in [5, 5.41) is 5.68. The van der Waals surface area contributed by atoms with Crippen LogP contribution in [-0.2, 0) is 16.1 Å². The number of nitrogens with zero attached hydrogens (tertiary/aromatic N) is 1. The average Bonchev–Trinajstić information content (AvgIpc) is 2.67. The smallest absolute Gasteiger partial charge is 0.242 e. The predicted octanol–water partition coefficient (Wildman–Crippen LogP) is 1.99. The molecule has 2 atom stereocenters. The van der Waals surface area contributed by atoms with E-state index in [1.165, 1.54) is 0 Å². The number of carbonyl (C=O) groups is 2. The summed E-state index contributed by atoms with van der Waals surface area (Å²) in [5.41, 5.74) is 1.97. The van der Waals surface area contributed by atoms with Crippen molar-refractivity contribution in [2.75, 3.05) is 18.9 Å². The van der Waals surface area contributed by atoms with E-state index in [1.807, 2.05) is 24.3 Å². The van der Waals surface area contributed by atoms with E-state index in [9.17, 15) is 9.59 Å². The molecule has 2 unspecified atom stereocenters. The fourth-order valence-corrected chi connectivity index (χ4v) is 2.90. The van der Waals surface area contributed by atoms with Crippen molar-refractivity contribution in [3.8, 4) is 0 Å². The van der Waals surface area contributed by atoms with Crippen LogP contribution in [0.25, 0.3) is 0 Å². The molecule has 5 heteroatoms. The monoisotopic (exact) mass is 303 g/mol. The van der Waals surface area contributed by atoms with Crippen LogP contribution in [0, 0.1) is 5.92 Å². The van der Waals surface area contributed by atoms with Crippen LogP contribution < -0.4 is 10.6 Å². The Hall–Kier alpha value is -1.88. The Labute approximate surface area is 132 Å². The number of benzene rings is 1. The molecule has 0 fully saturated rings. The van der Waals surface area contributed by atoms with Crippen molar-refractivity contribution in [3.05, 3.63) is 29.8 Å². The van der Waals surface area contributed by atoms with Crippen LogP contribution in [0.3, 0.4) is 0 Å². The fourth-order valence-electron chi connectivity index (χ4n) is 2.90. The summed E-state index contributed by atoms with van der Waals surface area (Å²) in [4.78, 5) is 26.4. The SMILES string of the molecule is CCC(C)C1C(=O)Nc2ccccc2CN1CCC(=O)NC. The first-order valence-corrected chi connectivity index (χ1v) is 7.90. The van der Waals surface area contributed by atoms with Crippen molar-refractivity contribution in [3.63, 3.8) is 0 Å².